The number of hydrogen-bond acceptors (Lipinski definition) is 1. The van der Waals surface area contributed by atoms with Gasteiger partial charge < -0.3 is 4.90 Å². The van der Waals surface area contributed by atoms with Gasteiger partial charge in [0.25, 0.3) is 0 Å². The highest BCUT2D eigenvalue weighted by atomic mass is 127. The molecule has 2 heterocycles. The van der Waals surface area contributed by atoms with E-state index in [2.05, 4.69) is 84.1 Å². The summed E-state index contributed by atoms with van der Waals surface area (Å²) in [4.78, 5) is 14.9. The topological polar surface area (TPSA) is 20.3 Å². The molecule has 110 valence electrons. The Kier molecular flexibility index (Phi) is 3.33. The zero-order valence-corrected chi connectivity index (χ0v) is 14.4. The monoisotopic (exact) mass is 401 g/mol. The second-order valence-corrected chi connectivity index (χ2v) is 7.14. The number of fused-ring (bicyclic) bond motifs is 5. The molecule has 3 heteroatoms. The fourth-order valence-corrected chi connectivity index (χ4v) is 4.06. The molecule has 2 aromatic rings. The minimum Gasteiger partial charge on any atom is -0.321 e. The van der Waals surface area contributed by atoms with Gasteiger partial charge in [-0.2, -0.15) is 0 Å². The average Bonchev–Trinajstić information content (AvgIpc) is 3.08. The maximum atomic E-state index is 12.9. The summed E-state index contributed by atoms with van der Waals surface area (Å²) < 4.78 is 1.16. The highest BCUT2D eigenvalue weighted by Crippen LogP contribution is 2.48. The van der Waals surface area contributed by atoms with Gasteiger partial charge in [0.1, 0.15) is 0 Å². The molecule has 0 fully saturated rings. The third kappa shape index (κ3) is 2.10. The molecule has 0 aromatic heterocycles. The van der Waals surface area contributed by atoms with E-state index in [1.54, 1.807) is 0 Å². The van der Waals surface area contributed by atoms with Crippen LogP contribution in [-0.4, -0.2) is 10.8 Å². The largest absolute Gasteiger partial charge is 0.321 e. The smallest absolute Gasteiger partial charge is 0.228 e. The van der Waals surface area contributed by atoms with Crippen LogP contribution < -0.4 is 0 Å². The van der Waals surface area contributed by atoms with Gasteiger partial charge in [-0.1, -0.05) is 54.1 Å². The van der Waals surface area contributed by atoms with Gasteiger partial charge in [0, 0.05) is 3.57 Å². The number of hydrogen-bond donors (Lipinski definition) is 0. The van der Waals surface area contributed by atoms with Crippen LogP contribution in [0, 0.1) is 10.5 Å². The van der Waals surface area contributed by atoms with Crippen molar-refractivity contribution in [2.24, 2.45) is 0 Å². The van der Waals surface area contributed by atoms with E-state index in [9.17, 15) is 4.79 Å². The second-order valence-electron chi connectivity index (χ2n) is 5.98. The highest BCUT2D eigenvalue weighted by Gasteiger charge is 2.42. The van der Waals surface area contributed by atoms with Crippen LogP contribution in [0.1, 0.15) is 34.3 Å². The van der Waals surface area contributed by atoms with Crippen LogP contribution in [0.3, 0.4) is 0 Å². The molecule has 2 nitrogen and oxygen atoms in total. The van der Waals surface area contributed by atoms with Crippen LogP contribution in [-0.2, 0) is 11.2 Å². The first-order chi connectivity index (χ1) is 10.6. The Labute approximate surface area is 144 Å². The number of benzene rings is 2. The van der Waals surface area contributed by atoms with Gasteiger partial charge in [0.05, 0.1) is 18.5 Å². The van der Waals surface area contributed by atoms with Crippen LogP contribution in [0.2, 0.25) is 0 Å². The lowest BCUT2D eigenvalue weighted by molar-refractivity contribution is -0.132. The van der Waals surface area contributed by atoms with Crippen molar-refractivity contribution in [1.29, 1.82) is 0 Å². The summed E-state index contributed by atoms with van der Waals surface area (Å²) in [6.07, 6.45) is 4.79. The molecule has 2 unspecified atom stereocenters. The standard InChI is InChI=1S/C19H16INO/c1-12-6-7-16(20)13(10-12)11-19(22)21-17-8-9-18(21)15-5-3-2-4-14(15)17/h2-10,17-18H,11H2,1H3. The Morgan fingerprint density at radius 1 is 1.09 bits per heavy atom. The summed E-state index contributed by atoms with van der Waals surface area (Å²) in [6, 6.07) is 14.9. The number of carbonyl (C=O) groups is 1. The lowest BCUT2D eigenvalue weighted by atomic mass is 9.97. The summed E-state index contributed by atoms with van der Waals surface area (Å²) in [6.45, 7) is 2.07. The first-order valence-corrected chi connectivity index (χ1v) is 8.56. The SMILES string of the molecule is Cc1ccc(I)c(CC(=O)N2C3C=CC2c2ccccc23)c1. The summed E-state index contributed by atoms with van der Waals surface area (Å²) >= 11 is 2.31. The molecule has 2 aliphatic heterocycles. The third-order valence-corrected chi connectivity index (χ3v) is 5.59. The third-order valence-electron chi connectivity index (χ3n) is 4.54. The summed E-state index contributed by atoms with van der Waals surface area (Å²) in [5.74, 6) is 0.208. The molecule has 0 aliphatic carbocycles. The lowest BCUT2D eigenvalue weighted by Gasteiger charge is -2.23. The van der Waals surface area contributed by atoms with E-state index in [0.717, 1.165) is 9.13 Å². The zero-order chi connectivity index (χ0) is 15.3. The first-order valence-electron chi connectivity index (χ1n) is 7.48. The minimum absolute atomic E-state index is 0.121. The fraction of sp³-hybridized carbons (Fsp3) is 0.211. The van der Waals surface area contributed by atoms with Crippen molar-refractivity contribution in [3.05, 3.63) is 80.4 Å². The van der Waals surface area contributed by atoms with Gasteiger partial charge in [-0.05, 0) is 52.3 Å². The summed E-state index contributed by atoms with van der Waals surface area (Å²) in [5, 5.41) is 0. The van der Waals surface area contributed by atoms with E-state index in [4.69, 9.17) is 0 Å². The van der Waals surface area contributed by atoms with Crippen LogP contribution in [0.25, 0.3) is 0 Å². The number of nitrogens with zero attached hydrogens (tertiary/aromatic N) is 1. The molecule has 2 atom stereocenters. The van der Waals surface area contributed by atoms with Crippen LogP contribution in [0.15, 0.2) is 54.6 Å². The summed E-state index contributed by atoms with van der Waals surface area (Å²) in [5.41, 5.74) is 4.89. The quantitative estimate of drug-likeness (QED) is 0.542. The Balaban J connectivity index is 1.62. The van der Waals surface area contributed by atoms with Gasteiger partial charge in [-0.25, -0.2) is 0 Å². The van der Waals surface area contributed by atoms with Gasteiger partial charge >= 0.3 is 0 Å². The van der Waals surface area contributed by atoms with Gasteiger partial charge in [0.15, 0.2) is 0 Å². The number of carbonyl (C=O) groups excluding carboxylic acids is 1. The van der Waals surface area contributed by atoms with Crippen LogP contribution in [0.4, 0.5) is 0 Å². The van der Waals surface area contributed by atoms with Gasteiger partial charge in [0.2, 0.25) is 5.91 Å². The number of rotatable bonds is 2. The van der Waals surface area contributed by atoms with Crippen molar-refractivity contribution in [3.63, 3.8) is 0 Å². The van der Waals surface area contributed by atoms with E-state index in [-0.39, 0.29) is 18.0 Å². The molecule has 22 heavy (non-hydrogen) atoms. The van der Waals surface area contributed by atoms with Crippen molar-refractivity contribution in [2.45, 2.75) is 25.4 Å². The predicted octanol–water partition coefficient (Wildman–Crippen LogP) is 4.34. The number of aryl methyl sites for hydroxylation is 1. The van der Waals surface area contributed by atoms with Crippen LogP contribution >= 0.6 is 22.6 Å². The normalized spacial score (nSPS) is 21.3. The maximum absolute atomic E-state index is 12.9. The number of amides is 1. The lowest BCUT2D eigenvalue weighted by Crippen LogP contribution is -2.30. The fourth-order valence-electron chi connectivity index (χ4n) is 3.53. The average molecular weight is 401 g/mol. The van der Waals surface area contributed by atoms with Crippen molar-refractivity contribution in [1.82, 2.24) is 4.90 Å². The Morgan fingerprint density at radius 2 is 1.73 bits per heavy atom. The van der Waals surface area contributed by atoms with E-state index in [1.807, 2.05) is 4.90 Å². The molecular weight excluding hydrogens is 385 g/mol. The van der Waals surface area contributed by atoms with Crippen molar-refractivity contribution < 1.29 is 4.79 Å². The van der Waals surface area contributed by atoms with Crippen molar-refractivity contribution in [3.8, 4) is 0 Å². The van der Waals surface area contributed by atoms with Crippen molar-refractivity contribution in [2.75, 3.05) is 0 Å². The highest BCUT2D eigenvalue weighted by molar-refractivity contribution is 14.1. The summed E-state index contributed by atoms with van der Waals surface area (Å²) in [7, 11) is 0. The predicted molar refractivity (Wildman–Crippen MR) is 95.5 cm³/mol. The molecule has 2 aromatic carbocycles. The zero-order valence-electron chi connectivity index (χ0n) is 12.3. The van der Waals surface area contributed by atoms with E-state index < -0.39 is 0 Å². The molecule has 0 spiro atoms. The second kappa shape index (κ2) is 5.23. The maximum Gasteiger partial charge on any atom is 0.228 e. The molecule has 4 rings (SSSR count). The van der Waals surface area contributed by atoms with E-state index in [1.165, 1.54) is 16.7 Å². The molecule has 0 radical (unpaired) electrons. The Hall–Kier alpha value is -1.62. The van der Waals surface area contributed by atoms with Gasteiger partial charge in [-0.3, -0.25) is 4.79 Å². The van der Waals surface area contributed by atoms with E-state index in [0.29, 0.717) is 6.42 Å². The molecule has 0 N–H and O–H groups in total. The Morgan fingerprint density at radius 3 is 2.36 bits per heavy atom. The molecule has 2 bridgehead atoms. The van der Waals surface area contributed by atoms with Crippen molar-refractivity contribution >= 4 is 28.5 Å². The molecule has 2 aliphatic rings. The molecule has 0 saturated heterocycles. The molecular formula is C19H16INO. The van der Waals surface area contributed by atoms with Crippen LogP contribution in [0.5, 0.6) is 0 Å². The van der Waals surface area contributed by atoms with Gasteiger partial charge in [-0.15, -0.1) is 0 Å². The molecule has 0 saturated carbocycles. The Bertz CT molecular complexity index is 763. The first kappa shape index (κ1) is 14.0. The van der Waals surface area contributed by atoms with E-state index >= 15 is 0 Å². The minimum atomic E-state index is 0.121. The molecule has 1 amide bonds. The number of halogens is 1.